The van der Waals surface area contributed by atoms with E-state index in [0.29, 0.717) is 16.6 Å². The quantitative estimate of drug-likeness (QED) is 0.455. The highest BCUT2D eigenvalue weighted by Gasteiger charge is 2.34. The van der Waals surface area contributed by atoms with E-state index < -0.39 is 11.7 Å². The van der Waals surface area contributed by atoms with Gasteiger partial charge in [0.25, 0.3) is 0 Å². The van der Waals surface area contributed by atoms with Crippen LogP contribution in [0.1, 0.15) is 23.4 Å². The molecular weight excluding hydrogens is 377 g/mol. The van der Waals surface area contributed by atoms with Crippen molar-refractivity contribution in [3.63, 3.8) is 0 Å². The third-order valence-electron chi connectivity index (χ3n) is 5.32. The number of hydrogen-bond acceptors (Lipinski definition) is 3. The Balaban J connectivity index is 1.83. The van der Waals surface area contributed by atoms with Gasteiger partial charge in [-0.15, -0.1) is 0 Å². The summed E-state index contributed by atoms with van der Waals surface area (Å²) in [5, 5.41) is 5.24. The summed E-state index contributed by atoms with van der Waals surface area (Å²) in [6.45, 7) is 2.70. The highest BCUT2D eigenvalue weighted by atomic mass is 19.4. The van der Waals surface area contributed by atoms with E-state index in [2.05, 4.69) is 9.97 Å². The molecule has 1 aliphatic heterocycles. The fourth-order valence-electron chi connectivity index (χ4n) is 4.09. The van der Waals surface area contributed by atoms with Crippen LogP contribution in [0.15, 0.2) is 48.7 Å². The van der Waals surface area contributed by atoms with Crippen molar-refractivity contribution in [1.29, 1.82) is 0 Å². The van der Waals surface area contributed by atoms with Gasteiger partial charge in [0, 0.05) is 35.1 Å². The molecule has 4 aromatic rings. The van der Waals surface area contributed by atoms with E-state index >= 15 is 0 Å². The molecule has 0 saturated carbocycles. The first-order valence-electron chi connectivity index (χ1n) is 9.42. The minimum atomic E-state index is -4.47. The van der Waals surface area contributed by atoms with Crippen molar-refractivity contribution < 1.29 is 13.2 Å². The second kappa shape index (κ2) is 6.40. The first-order valence-corrected chi connectivity index (χ1v) is 9.42. The molecule has 0 amide bonds. The lowest BCUT2D eigenvalue weighted by Gasteiger charge is -2.13. The summed E-state index contributed by atoms with van der Waals surface area (Å²) in [6, 6.07) is 11.7. The first kappa shape index (κ1) is 17.8. The molecule has 3 aromatic heterocycles. The number of nitrogens with zero attached hydrogens (tertiary/aromatic N) is 4. The minimum Gasteiger partial charge on any atom is -0.268 e. The second-order valence-electron chi connectivity index (χ2n) is 7.22. The molecule has 0 saturated heterocycles. The topological polar surface area (TPSA) is 43.6 Å². The summed E-state index contributed by atoms with van der Waals surface area (Å²) >= 11 is 0. The predicted molar refractivity (Wildman–Crippen MR) is 104 cm³/mol. The molecule has 0 unspecified atom stereocenters. The van der Waals surface area contributed by atoms with Crippen LogP contribution < -0.4 is 0 Å². The number of hydrogen-bond donors (Lipinski definition) is 0. The van der Waals surface area contributed by atoms with Crippen molar-refractivity contribution in [2.75, 3.05) is 0 Å². The molecule has 0 radical (unpaired) electrons. The molecule has 0 spiro atoms. The van der Waals surface area contributed by atoms with Crippen molar-refractivity contribution in [2.45, 2.75) is 32.5 Å². The molecule has 0 fully saturated rings. The zero-order valence-electron chi connectivity index (χ0n) is 15.7. The highest BCUT2D eigenvalue weighted by molar-refractivity contribution is 6.00. The van der Waals surface area contributed by atoms with Crippen molar-refractivity contribution in [3.8, 4) is 22.5 Å². The Morgan fingerprint density at radius 1 is 1.03 bits per heavy atom. The maximum Gasteiger partial charge on any atom is 0.418 e. The monoisotopic (exact) mass is 394 g/mol. The van der Waals surface area contributed by atoms with Gasteiger partial charge in [0.15, 0.2) is 0 Å². The molecule has 7 heteroatoms. The smallest absolute Gasteiger partial charge is 0.268 e. The maximum atomic E-state index is 13.5. The molecular formula is C22H17F3N4. The van der Waals surface area contributed by atoms with Crippen LogP contribution in [0, 0.1) is 6.92 Å². The van der Waals surface area contributed by atoms with Crippen LogP contribution in [0.5, 0.6) is 0 Å². The van der Waals surface area contributed by atoms with Crippen molar-refractivity contribution in [1.82, 2.24) is 19.7 Å². The van der Waals surface area contributed by atoms with E-state index in [1.54, 1.807) is 12.1 Å². The Hall–Kier alpha value is -3.22. The van der Waals surface area contributed by atoms with Gasteiger partial charge in [0.2, 0.25) is 0 Å². The van der Waals surface area contributed by atoms with Gasteiger partial charge >= 0.3 is 6.18 Å². The molecule has 4 heterocycles. The summed E-state index contributed by atoms with van der Waals surface area (Å²) < 4.78 is 42.6. The van der Waals surface area contributed by atoms with Crippen molar-refractivity contribution in [2.24, 2.45) is 0 Å². The summed E-state index contributed by atoms with van der Waals surface area (Å²) in [6.07, 6.45) is -1.23. The number of halogens is 3. The zero-order valence-corrected chi connectivity index (χ0v) is 15.7. The van der Waals surface area contributed by atoms with Crippen LogP contribution in [0.2, 0.25) is 0 Å². The number of benzene rings is 1. The van der Waals surface area contributed by atoms with E-state index in [9.17, 15) is 13.2 Å². The van der Waals surface area contributed by atoms with Crippen LogP contribution in [-0.2, 0) is 19.1 Å². The molecule has 146 valence electrons. The average Bonchev–Trinajstić information content (AvgIpc) is 3.27. The number of rotatable bonds is 2. The Morgan fingerprint density at radius 2 is 1.86 bits per heavy atom. The number of fused-ring (bicyclic) bond motifs is 2. The summed E-state index contributed by atoms with van der Waals surface area (Å²) in [5.74, 6) is 0. The van der Waals surface area contributed by atoms with Gasteiger partial charge in [0.1, 0.15) is 5.69 Å². The largest absolute Gasteiger partial charge is 0.418 e. The number of pyridine rings is 2. The van der Waals surface area contributed by atoms with Crippen LogP contribution in [0.3, 0.4) is 0 Å². The lowest BCUT2D eigenvalue weighted by atomic mass is 9.95. The highest BCUT2D eigenvalue weighted by Crippen LogP contribution is 2.42. The SMILES string of the molecule is Cc1cccc(-c2nn3c(c2-c2ccnc4c(C(F)(F)F)cccc24)CCC3)n1. The van der Waals surface area contributed by atoms with Gasteiger partial charge in [0.05, 0.1) is 16.8 Å². The van der Waals surface area contributed by atoms with Crippen LogP contribution >= 0.6 is 0 Å². The molecule has 5 rings (SSSR count). The van der Waals surface area contributed by atoms with Crippen molar-refractivity contribution in [3.05, 3.63) is 65.6 Å². The fourth-order valence-corrected chi connectivity index (χ4v) is 4.09. The number of aromatic nitrogens is 4. The molecule has 0 N–H and O–H groups in total. The van der Waals surface area contributed by atoms with Gasteiger partial charge in [-0.3, -0.25) is 14.6 Å². The lowest BCUT2D eigenvalue weighted by Crippen LogP contribution is -2.06. The number of aryl methyl sites for hydroxylation is 2. The second-order valence-corrected chi connectivity index (χ2v) is 7.22. The molecule has 1 aromatic carbocycles. The lowest BCUT2D eigenvalue weighted by molar-refractivity contribution is -0.136. The van der Waals surface area contributed by atoms with Crippen LogP contribution in [-0.4, -0.2) is 19.7 Å². The predicted octanol–water partition coefficient (Wildman–Crippen LogP) is 5.43. The summed E-state index contributed by atoms with van der Waals surface area (Å²) in [7, 11) is 0. The minimum absolute atomic E-state index is 0.0430. The van der Waals surface area contributed by atoms with E-state index in [1.807, 2.05) is 29.8 Å². The zero-order chi connectivity index (χ0) is 20.2. The molecule has 29 heavy (non-hydrogen) atoms. The molecule has 4 nitrogen and oxygen atoms in total. The van der Waals surface area contributed by atoms with Crippen LogP contribution in [0.25, 0.3) is 33.4 Å². The Morgan fingerprint density at radius 3 is 2.66 bits per heavy atom. The van der Waals surface area contributed by atoms with Gasteiger partial charge < -0.3 is 0 Å². The Labute approximate surface area is 165 Å². The Bertz CT molecular complexity index is 1240. The molecule has 1 aliphatic rings. The third-order valence-corrected chi connectivity index (χ3v) is 5.32. The fraction of sp³-hybridized carbons (Fsp3) is 0.227. The third kappa shape index (κ3) is 2.88. The number of para-hydroxylation sites is 1. The van der Waals surface area contributed by atoms with E-state index in [1.165, 1.54) is 12.3 Å². The molecule has 0 atom stereocenters. The average molecular weight is 394 g/mol. The van der Waals surface area contributed by atoms with Gasteiger partial charge in [-0.1, -0.05) is 18.2 Å². The number of alkyl halides is 3. The summed E-state index contributed by atoms with van der Waals surface area (Å²) in [4.78, 5) is 8.67. The summed E-state index contributed by atoms with van der Waals surface area (Å²) in [5.41, 5.74) is 4.12. The van der Waals surface area contributed by atoms with E-state index in [0.717, 1.165) is 48.1 Å². The van der Waals surface area contributed by atoms with E-state index in [4.69, 9.17) is 5.10 Å². The van der Waals surface area contributed by atoms with Crippen molar-refractivity contribution >= 4 is 10.9 Å². The van der Waals surface area contributed by atoms with Crippen LogP contribution in [0.4, 0.5) is 13.2 Å². The van der Waals surface area contributed by atoms with Gasteiger partial charge in [-0.05, 0) is 49.6 Å². The normalized spacial score (nSPS) is 13.8. The Kier molecular flexibility index (Phi) is 3.94. The van der Waals surface area contributed by atoms with Gasteiger partial charge in [-0.25, -0.2) is 0 Å². The van der Waals surface area contributed by atoms with Gasteiger partial charge in [-0.2, -0.15) is 18.3 Å². The molecule has 0 bridgehead atoms. The molecule has 0 aliphatic carbocycles. The first-order chi connectivity index (χ1) is 13.9. The maximum absolute atomic E-state index is 13.5. The van der Waals surface area contributed by atoms with E-state index in [-0.39, 0.29) is 5.52 Å². The standard InChI is InChI=1S/C22H17F3N4/c1-13-5-2-8-17(27-13)21-19(18-9-4-12-29(18)28-21)14-10-11-26-20-15(14)6-3-7-16(20)22(23,24)25/h2-3,5-8,10-11H,4,9,12H2,1H3.